The summed E-state index contributed by atoms with van der Waals surface area (Å²) in [6.07, 6.45) is 2.48. The van der Waals surface area contributed by atoms with Crippen LogP contribution >= 0.6 is 15.9 Å². The predicted molar refractivity (Wildman–Crippen MR) is 86.4 cm³/mol. The highest BCUT2D eigenvalue weighted by Gasteiger charge is 2.06. The van der Waals surface area contributed by atoms with Crippen LogP contribution in [0.1, 0.15) is 6.42 Å². The van der Waals surface area contributed by atoms with Gasteiger partial charge in [-0.1, -0.05) is 15.9 Å². The summed E-state index contributed by atoms with van der Waals surface area (Å²) >= 11 is 3.43. The lowest BCUT2D eigenvalue weighted by Crippen LogP contribution is -2.13. The van der Waals surface area contributed by atoms with Gasteiger partial charge in [-0.15, -0.1) is 0 Å². The highest BCUT2D eigenvalue weighted by Crippen LogP contribution is 2.24. The second-order valence-electron chi connectivity index (χ2n) is 4.37. The third-order valence-electron chi connectivity index (χ3n) is 2.90. The SMILES string of the molecule is CN(c1ccc(Br)cc1)c1cc(NCCCN)ncn1. The van der Waals surface area contributed by atoms with E-state index < -0.39 is 0 Å². The molecule has 2 rings (SSSR count). The van der Waals surface area contributed by atoms with Crippen LogP contribution in [0.3, 0.4) is 0 Å². The van der Waals surface area contributed by atoms with E-state index in [1.807, 2.05) is 42.3 Å². The topological polar surface area (TPSA) is 67.1 Å². The Kier molecular flexibility index (Phi) is 5.31. The number of hydrogen-bond acceptors (Lipinski definition) is 5. The summed E-state index contributed by atoms with van der Waals surface area (Å²) < 4.78 is 1.06. The van der Waals surface area contributed by atoms with E-state index in [0.29, 0.717) is 6.54 Å². The van der Waals surface area contributed by atoms with Crippen molar-refractivity contribution >= 4 is 33.3 Å². The Labute approximate surface area is 127 Å². The second kappa shape index (κ2) is 7.21. The van der Waals surface area contributed by atoms with Crippen LogP contribution in [0.15, 0.2) is 41.1 Å². The maximum Gasteiger partial charge on any atom is 0.138 e. The van der Waals surface area contributed by atoms with Gasteiger partial charge in [-0.05, 0) is 37.2 Å². The summed E-state index contributed by atoms with van der Waals surface area (Å²) in [5, 5.41) is 3.24. The molecule has 1 aromatic heterocycles. The van der Waals surface area contributed by atoms with E-state index in [4.69, 9.17) is 5.73 Å². The number of benzene rings is 1. The Morgan fingerprint density at radius 3 is 2.70 bits per heavy atom. The Bertz CT molecular complexity index is 544. The molecule has 5 nitrogen and oxygen atoms in total. The third-order valence-corrected chi connectivity index (χ3v) is 3.43. The lowest BCUT2D eigenvalue weighted by atomic mass is 10.3. The molecule has 6 heteroatoms. The van der Waals surface area contributed by atoms with E-state index in [9.17, 15) is 0 Å². The molecule has 0 bridgehead atoms. The smallest absolute Gasteiger partial charge is 0.138 e. The molecule has 0 unspecified atom stereocenters. The molecule has 0 aliphatic rings. The highest BCUT2D eigenvalue weighted by molar-refractivity contribution is 9.10. The molecular weight excluding hydrogens is 318 g/mol. The minimum Gasteiger partial charge on any atom is -0.370 e. The minimum absolute atomic E-state index is 0.670. The fraction of sp³-hybridized carbons (Fsp3) is 0.286. The van der Waals surface area contributed by atoms with Crippen molar-refractivity contribution in [2.24, 2.45) is 5.73 Å². The van der Waals surface area contributed by atoms with Crippen molar-refractivity contribution < 1.29 is 0 Å². The van der Waals surface area contributed by atoms with E-state index in [1.165, 1.54) is 0 Å². The Hall–Kier alpha value is -1.66. The van der Waals surface area contributed by atoms with Crippen LogP contribution in [0.5, 0.6) is 0 Å². The number of nitrogens with one attached hydrogen (secondary N) is 1. The van der Waals surface area contributed by atoms with Crippen molar-refractivity contribution in [3.63, 3.8) is 0 Å². The van der Waals surface area contributed by atoms with Crippen molar-refractivity contribution in [1.82, 2.24) is 9.97 Å². The van der Waals surface area contributed by atoms with Crippen LogP contribution in [0.25, 0.3) is 0 Å². The van der Waals surface area contributed by atoms with Crippen LogP contribution in [0, 0.1) is 0 Å². The number of rotatable bonds is 6. The zero-order chi connectivity index (χ0) is 14.4. The molecule has 0 saturated carbocycles. The quantitative estimate of drug-likeness (QED) is 0.794. The summed E-state index contributed by atoms with van der Waals surface area (Å²) in [6, 6.07) is 10.0. The standard InChI is InChI=1S/C14H18BrN5/c1-20(12-5-3-11(15)4-6-12)14-9-13(18-10-19-14)17-8-2-7-16/h3-6,9-10H,2,7-8,16H2,1H3,(H,17,18,19). The fourth-order valence-corrected chi connectivity index (χ4v) is 2.01. The van der Waals surface area contributed by atoms with Crippen molar-refractivity contribution in [3.05, 3.63) is 41.1 Å². The van der Waals surface area contributed by atoms with Gasteiger partial charge in [0.1, 0.15) is 18.0 Å². The van der Waals surface area contributed by atoms with Gasteiger partial charge in [-0.25, -0.2) is 9.97 Å². The molecule has 0 amide bonds. The third kappa shape index (κ3) is 3.91. The van der Waals surface area contributed by atoms with Crippen molar-refractivity contribution in [1.29, 1.82) is 0 Å². The maximum atomic E-state index is 5.47. The molecule has 0 aliphatic carbocycles. The fourth-order valence-electron chi connectivity index (χ4n) is 1.74. The molecule has 1 aromatic carbocycles. The van der Waals surface area contributed by atoms with E-state index in [0.717, 1.165) is 34.8 Å². The molecule has 0 radical (unpaired) electrons. The molecule has 0 saturated heterocycles. The normalized spacial score (nSPS) is 10.3. The average Bonchev–Trinajstić information content (AvgIpc) is 2.48. The molecule has 3 N–H and O–H groups in total. The zero-order valence-corrected chi connectivity index (χ0v) is 13.0. The Balaban J connectivity index is 2.11. The summed E-state index contributed by atoms with van der Waals surface area (Å²) in [5.41, 5.74) is 6.54. The summed E-state index contributed by atoms with van der Waals surface area (Å²) in [5.74, 6) is 1.66. The van der Waals surface area contributed by atoms with Gasteiger partial charge < -0.3 is 16.0 Å². The highest BCUT2D eigenvalue weighted by atomic mass is 79.9. The van der Waals surface area contributed by atoms with Gasteiger partial charge in [0, 0.05) is 29.8 Å². The molecule has 0 fully saturated rings. The van der Waals surface area contributed by atoms with Gasteiger partial charge >= 0.3 is 0 Å². The van der Waals surface area contributed by atoms with E-state index >= 15 is 0 Å². The van der Waals surface area contributed by atoms with Crippen molar-refractivity contribution in [2.75, 3.05) is 30.4 Å². The van der Waals surface area contributed by atoms with Crippen LogP contribution in [0.4, 0.5) is 17.3 Å². The first-order valence-corrected chi connectivity index (χ1v) is 7.25. The first kappa shape index (κ1) is 14.7. The van der Waals surface area contributed by atoms with E-state index in [1.54, 1.807) is 6.33 Å². The summed E-state index contributed by atoms with van der Waals surface area (Å²) in [7, 11) is 1.98. The number of anilines is 3. The lowest BCUT2D eigenvalue weighted by molar-refractivity contribution is 0.868. The van der Waals surface area contributed by atoms with Crippen LogP contribution < -0.4 is 16.0 Å². The molecular formula is C14H18BrN5. The summed E-state index contributed by atoms with van der Waals surface area (Å²) in [6.45, 7) is 1.48. The lowest BCUT2D eigenvalue weighted by Gasteiger charge is -2.18. The zero-order valence-electron chi connectivity index (χ0n) is 11.4. The number of halogens is 1. The Morgan fingerprint density at radius 1 is 1.25 bits per heavy atom. The first-order chi connectivity index (χ1) is 9.70. The Morgan fingerprint density at radius 2 is 2.00 bits per heavy atom. The van der Waals surface area contributed by atoms with Crippen LogP contribution in [-0.4, -0.2) is 30.1 Å². The van der Waals surface area contributed by atoms with Gasteiger partial charge in [-0.3, -0.25) is 0 Å². The number of hydrogen-bond donors (Lipinski definition) is 2. The molecule has 0 aliphatic heterocycles. The van der Waals surface area contributed by atoms with Gasteiger partial charge in [0.2, 0.25) is 0 Å². The van der Waals surface area contributed by atoms with Crippen LogP contribution in [0.2, 0.25) is 0 Å². The number of nitrogens with zero attached hydrogens (tertiary/aromatic N) is 3. The predicted octanol–water partition coefficient (Wildman–Crippen LogP) is 2.77. The van der Waals surface area contributed by atoms with Crippen LogP contribution in [-0.2, 0) is 0 Å². The molecule has 1 heterocycles. The molecule has 2 aromatic rings. The number of aromatic nitrogens is 2. The van der Waals surface area contributed by atoms with Gasteiger partial charge in [0.15, 0.2) is 0 Å². The molecule has 20 heavy (non-hydrogen) atoms. The maximum absolute atomic E-state index is 5.47. The van der Waals surface area contributed by atoms with E-state index in [-0.39, 0.29) is 0 Å². The van der Waals surface area contributed by atoms with E-state index in [2.05, 4.69) is 31.2 Å². The largest absolute Gasteiger partial charge is 0.370 e. The minimum atomic E-state index is 0.670. The monoisotopic (exact) mass is 335 g/mol. The average molecular weight is 336 g/mol. The van der Waals surface area contributed by atoms with Crippen molar-refractivity contribution in [2.45, 2.75) is 6.42 Å². The van der Waals surface area contributed by atoms with Gasteiger partial charge in [-0.2, -0.15) is 0 Å². The van der Waals surface area contributed by atoms with Gasteiger partial charge in [0.05, 0.1) is 0 Å². The summed E-state index contributed by atoms with van der Waals surface area (Å²) in [4.78, 5) is 10.5. The van der Waals surface area contributed by atoms with Gasteiger partial charge in [0.25, 0.3) is 0 Å². The van der Waals surface area contributed by atoms with Crippen molar-refractivity contribution in [3.8, 4) is 0 Å². The molecule has 0 atom stereocenters. The second-order valence-corrected chi connectivity index (χ2v) is 5.28. The molecule has 106 valence electrons. The number of nitrogens with two attached hydrogens (primary N) is 1. The first-order valence-electron chi connectivity index (χ1n) is 6.46. The molecule has 0 spiro atoms.